The van der Waals surface area contributed by atoms with Gasteiger partial charge in [-0.05, 0) is 46.5 Å². The van der Waals surface area contributed by atoms with Crippen molar-refractivity contribution in [3.8, 4) is 0 Å². The molecule has 1 aromatic rings. The average Bonchev–Trinajstić information content (AvgIpc) is 3.42. The molecule has 256 valence electrons. The van der Waals surface area contributed by atoms with E-state index >= 15 is 0 Å². The highest BCUT2D eigenvalue weighted by Crippen LogP contribution is 2.18. The molecule has 9 nitrogen and oxygen atoms in total. The molecule has 1 aliphatic rings. The number of hydrogen-bond acceptors (Lipinski definition) is 8. The van der Waals surface area contributed by atoms with Crippen LogP contribution >= 0.6 is 11.3 Å². The summed E-state index contributed by atoms with van der Waals surface area (Å²) >= 11 is 1.38. The highest BCUT2D eigenvalue weighted by molar-refractivity contribution is 7.09. The Kier molecular flexibility index (Phi) is 21.8. The molecule has 2 rings (SSSR count). The van der Waals surface area contributed by atoms with Gasteiger partial charge in [-0.15, -0.1) is 11.3 Å². The van der Waals surface area contributed by atoms with Crippen LogP contribution in [0.3, 0.4) is 0 Å². The van der Waals surface area contributed by atoms with E-state index in [-0.39, 0.29) is 28.8 Å². The SMILES string of the molecule is C=C(C)OC(C)(C)C.C=C(NC(=O)c1csc(CCC)n1)C(=O)NC(=C)C(=O)OC1CCOCC1.CCCC(CCC)CCC. The Morgan fingerprint density at radius 1 is 0.956 bits per heavy atom. The van der Waals surface area contributed by atoms with Gasteiger partial charge in [0.25, 0.3) is 11.8 Å². The monoisotopic (exact) mass is 649 g/mol. The molecule has 0 unspecified atom stereocenters. The van der Waals surface area contributed by atoms with E-state index in [2.05, 4.69) is 56.1 Å². The van der Waals surface area contributed by atoms with Crippen molar-refractivity contribution in [2.24, 2.45) is 5.92 Å². The minimum absolute atomic E-state index is 0.0775. The highest BCUT2D eigenvalue weighted by Gasteiger charge is 2.22. The molecule has 0 atom stereocenters. The van der Waals surface area contributed by atoms with Crippen molar-refractivity contribution in [2.75, 3.05) is 13.2 Å². The number of hydrogen-bond donors (Lipinski definition) is 2. The number of allylic oxidation sites excluding steroid dienone is 1. The number of aryl methyl sites for hydroxylation is 1. The van der Waals surface area contributed by atoms with E-state index in [1.165, 1.54) is 49.9 Å². The molecule has 2 heterocycles. The lowest BCUT2D eigenvalue weighted by molar-refractivity contribution is -0.149. The maximum Gasteiger partial charge on any atom is 0.354 e. The molecule has 1 aliphatic heterocycles. The van der Waals surface area contributed by atoms with Gasteiger partial charge in [0.1, 0.15) is 23.1 Å². The fourth-order valence-electron chi connectivity index (χ4n) is 4.46. The van der Waals surface area contributed by atoms with Gasteiger partial charge in [-0.3, -0.25) is 9.59 Å². The second kappa shape index (κ2) is 23.4. The third-order valence-corrected chi connectivity index (χ3v) is 7.22. The van der Waals surface area contributed by atoms with Crippen LogP contribution in [0, 0.1) is 5.92 Å². The molecule has 0 spiro atoms. The second-order valence-electron chi connectivity index (χ2n) is 12.1. The summed E-state index contributed by atoms with van der Waals surface area (Å²) in [5.41, 5.74) is -0.299. The van der Waals surface area contributed by atoms with Gasteiger partial charge < -0.3 is 24.8 Å². The highest BCUT2D eigenvalue weighted by atomic mass is 32.1. The summed E-state index contributed by atoms with van der Waals surface area (Å²) in [4.78, 5) is 40.4. The van der Waals surface area contributed by atoms with E-state index in [9.17, 15) is 14.4 Å². The number of amides is 2. The fourth-order valence-corrected chi connectivity index (χ4v) is 5.34. The number of nitrogens with zero attached hydrogens (tertiary/aromatic N) is 1. The summed E-state index contributed by atoms with van der Waals surface area (Å²) in [5, 5.41) is 7.12. The minimum Gasteiger partial charge on any atom is -0.493 e. The van der Waals surface area contributed by atoms with Crippen LogP contribution in [0.2, 0.25) is 0 Å². The molecule has 1 aromatic heterocycles. The Hall–Kier alpha value is -2.98. The van der Waals surface area contributed by atoms with E-state index in [4.69, 9.17) is 14.2 Å². The van der Waals surface area contributed by atoms with Crippen LogP contribution in [-0.2, 0) is 30.2 Å². The summed E-state index contributed by atoms with van der Waals surface area (Å²) in [6, 6.07) is 0. The summed E-state index contributed by atoms with van der Waals surface area (Å²) in [6.45, 7) is 28.4. The molecule has 0 aromatic carbocycles. The van der Waals surface area contributed by atoms with Gasteiger partial charge in [0, 0.05) is 18.2 Å². The molecule has 0 aliphatic carbocycles. The Labute approximate surface area is 276 Å². The molecular formula is C35H59N3O6S. The summed E-state index contributed by atoms with van der Waals surface area (Å²) in [5.74, 6) is -0.207. The molecule has 1 fully saturated rings. The number of rotatable bonds is 15. The number of carbonyl (C=O) groups excluding carboxylic acids is 3. The quantitative estimate of drug-likeness (QED) is 0.112. The first kappa shape index (κ1) is 42.0. The van der Waals surface area contributed by atoms with Gasteiger partial charge in [-0.2, -0.15) is 0 Å². The first-order valence-corrected chi connectivity index (χ1v) is 17.1. The molecule has 0 bridgehead atoms. The fraction of sp³-hybridized carbons (Fsp3) is 0.657. The van der Waals surface area contributed by atoms with E-state index < -0.39 is 17.8 Å². The number of thiazole rings is 1. The third-order valence-electron chi connectivity index (χ3n) is 6.31. The molecule has 0 radical (unpaired) electrons. The van der Waals surface area contributed by atoms with Gasteiger partial charge in [0.15, 0.2) is 0 Å². The van der Waals surface area contributed by atoms with Crippen LogP contribution in [0.4, 0.5) is 0 Å². The molecular weight excluding hydrogens is 590 g/mol. The number of carbonyl (C=O) groups is 3. The number of nitrogens with one attached hydrogen (secondary N) is 2. The van der Waals surface area contributed by atoms with Crippen molar-refractivity contribution in [2.45, 2.75) is 131 Å². The zero-order valence-corrected chi connectivity index (χ0v) is 30.0. The Morgan fingerprint density at radius 2 is 1.51 bits per heavy atom. The van der Waals surface area contributed by atoms with Gasteiger partial charge in [-0.25, -0.2) is 9.78 Å². The van der Waals surface area contributed by atoms with E-state index in [1.807, 2.05) is 34.6 Å². The van der Waals surface area contributed by atoms with Crippen LogP contribution in [0.5, 0.6) is 0 Å². The molecule has 2 amide bonds. The van der Waals surface area contributed by atoms with E-state index in [0.29, 0.717) is 26.1 Å². The van der Waals surface area contributed by atoms with Crippen molar-refractivity contribution in [3.63, 3.8) is 0 Å². The van der Waals surface area contributed by atoms with Crippen molar-refractivity contribution >= 4 is 29.1 Å². The molecule has 1 saturated heterocycles. The Balaban J connectivity index is 0.000000881. The van der Waals surface area contributed by atoms with Crippen molar-refractivity contribution in [3.05, 3.63) is 53.0 Å². The van der Waals surface area contributed by atoms with Crippen LogP contribution in [0.25, 0.3) is 0 Å². The normalized spacial score (nSPS) is 12.9. The number of aromatic nitrogens is 1. The predicted octanol–water partition coefficient (Wildman–Crippen LogP) is 8.03. The standard InChI is InChI=1S/C18H23N3O5S.C10H22.C7H14O/c1-4-5-15-21-14(10-27-15)17(23)19-11(2)16(22)20-12(3)18(24)26-13-6-8-25-9-7-13;1-4-7-10(8-5-2)9-6-3;1-6(2)8-7(3,4)5/h10,13H,2-9H2,1H3,(H,19,23)(H,20,22);10H,4-9H2,1-3H3;1H2,2-5H3. The largest absolute Gasteiger partial charge is 0.493 e. The Bertz CT molecular complexity index is 1060. The van der Waals surface area contributed by atoms with E-state index in [0.717, 1.165) is 29.5 Å². The van der Waals surface area contributed by atoms with E-state index in [1.54, 1.807) is 5.38 Å². The summed E-state index contributed by atoms with van der Waals surface area (Å²) < 4.78 is 15.7. The zero-order chi connectivity index (χ0) is 34.4. The lowest BCUT2D eigenvalue weighted by Crippen LogP contribution is -2.37. The second-order valence-corrected chi connectivity index (χ2v) is 13.1. The predicted molar refractivity (Wildman–Crippen MR) is 184 cm³/mol. The minimum atomic E-state index is -0.749. The van der Waals surface area contributed by atoms with Crippen LogP contribution < -0.4 is 10.6 Å². The average molecular weight is 650 g/mol. The van der Waals surface area contributed by atoms with Gasteiger partial charge in [-0.1, -0.05) is 86.0 Å². The lowest BCUT2D eigenvalue weighted by atomic mass is 9.94. The van der Waals surface area contributed by atoms with Gasteiger partial charge in [0.05, 0.1) is 29.7 Å². The Morgan fingerprint density at radius 3 is 1.96 bits per heavy atom. The number of ether oxygens (including phenoxy) is 3. The van der Waals surface area contributed by atoms with Crippen LogP contribution in [0.15, 0.2) is 42.3 Å². The van der Waals surface area contributed by atoms with Crippen LogP contribution in [0.1, 0.15) is 129 Å². The molecule has 0 saturated carbocycles. The molecule has 45 heavy (non-hydrogen) atoms. The number of esters is 1. The first-order valence-electron chi connectivity index (χ1n) is 16.2. The summed E-state index contributed by atoms with van der Waals surface area (Å²) in [6.07, 6.45) is 11.1. The molecule has 2 N–H and O–H groups in total. The van der Waals surface area contributed by atoms with Crippen molar-refractivity contribution in [1.82, 2.24) is 15.6 Å². The third kappa shape index (κ3) is 20.6. The van der Waals surface area contributed by atoms with Crippen molar-refractivity contribution < 1.29 is 28.6 Å². The maximum atomic E-state index is 12.1. The summed E-state index contributed by atoms with van der Waals surface area (Å²) in [7, 11) is 0. The van der Waals surface area contributed by atoms with Crippen molar-refractivity contribution in [1.29, 1.82) is 0 Å². The topological polar surface area (TPSA) is 116 Å². The molecule has 10 heteroatoms. The van der Waals surface area contributed by atoms with Gasteiger partial charge in [0.2, 0.25) is 0 Å². The lowest BCUT2D eigenvalue weighted by Gasteiger charge is -2.22. The maximum absolute atomic E-state index is 12.1. The smallest absolute Gasteiger partial charge is 0.354 e. The van der Waals surface area contributed by atoms with Crippen LogP contribution in [-0.4, -0.2) is 47.7 Å². The van der Waals surface area contributed by atoms with Gasteiger partial charge >= 0.3 is 5.97 Å². The zero-order valence-electron chi connectivity index (χ0n) is 29.1. The first-order chi connectivity index (χ1) is 21.2.